The summed E-state index contributed by atoms with van der Waals surface area (Å²) in [5, 5.41) is 0. The Bertz CT molecular complexity index is 353. The first kappa shape index (κ1) is 10.0. The number of halogens is 4. The second kappa shape index (κ2) is 3.26. The number of hydrogen-bond donors (Lipinski definition) is 0. The molecule has 0 amide bonds. The zero-order valence-corrected chi connectivity index (χ0v) is 8.82. The lowest BCUT2D eigenvalue weighted by atomic mass is 10.1. The first-order valence-corrected chi connectivity index (χ1v) is 5.14. The smallest absolute Gasteiger partial charge is 0.166 e. The monoisotopic (exact) mass is 264 g/mol. The Morgan fingerprint density at radius 1 is 1.21 bits per heavy atom. The van der Waals surface area contributed by atoms with E-state index in [2.05, 4.69) is 15.9 Å². The summed E-state index contributed by atoms with van der Waals surface area (Å²) in [5.74, 6) is 0.464. The minimum absolute atomic E-state index is 0.464. The van der Waals surface area contributed by atoms with Gasteiger partial charge in [0.25, 0.3) is 0 Å². The van der Waals surface area contributed by atoms with Gasteiger partial charge in [-0.25, -0.2) is 0 Å². The summed E-state index contributed by atoms with van der Waals surface area (Å²) in [4.78, 5) is 0. The Morgan fingerprint density at radius 3 is 2.29 bits per heavy atom. The van der Waals surface area contributed by atoms with E-state index in [0.717, 1.165) is 30.5 Å². The highest BCUT2D eigenvalue weighted by Gasteiger charge is 2.32. The van der Waals surface area contributed by atoms with E-state index < -0.39 is 11.7 Å². The first-order valence-electron chi connectivity index (χ1n) is 4.35. The molecule has 76 valence electrons. The zero-order chi connectivity index (χ0) is 10.3. The van der Waals surface area contributed by atoms with Crippen LogP contribution in [-0.4, -0.2) is 0 Å². The van der Waals surface area contributed by atoms with Crippen molar-refractivity contribution < 1.29 is 13.2 Å². The molecule has 1 saturated carbocycles. The minimum Gasteiger partial charge on any atom is -0.166 e. The van der Waals surface area contributed by atoms with Gasteiger partial charge >= 0.3 is 6.18 Å². The van der Waals surface area contributed by atoms with Gasteiger partial charge in [-0.2, -0.15) is 13.2 Å². The van der Waals surface area contributed by atoms with Crippen molar-refractivity contribution in [3.8, 4) is 0 Å². The van der Waals surface area contributed by atoms with Crippen molar-refractivity contribution in [3.63, 3.8) is 0 Å². The molecule has 1 aromatic carbocycles. The molecule has 4 heteroatoms. The molecular formula is C10H8BrF3. The van der Waals surface area contributed by atoms with Crippen molar-refractivity contribution in [2.24, 2.45) is 0 Å². The summed E-state index contributed by atoms with van der Waals surface area (Å²) >= 11 is 3.18. The summed E-state index contributed by atoms with van der Waals surface area (Å²) in [6.45, 7) is 0. The van der Waals surface area contributed by atoms with Gasteiger partial charge in [-0.15, -0.1) is 0 Å². The predicted molar refractivity (Wildman–Crippen MR) is 51.1 cm³/mol. The Morgan fingerprint density at radius 2 is 1.86 bits per heavy atom. The van der Waals surface area contributed by atoms with Crippen LogP contribution in [0.15, 0.2) is 22.7 Å². The van der Waals surface area contributed by atoms with Crippen LogP contribution in [0.5, 0.6) is 0 Å². The molecule has 1 aromatic rings. The van der Waals surface area contributed by atoms with Gasteiger partial charge in [-0.3, -0.25) is 0 Å². The number of benzene rings is 1. The second-order valence-corrected chi connectivity index (χ2v) is 4.36. The fourth-order valence-corrected chi connectivity index (χ4v) is 2.13. The maximum atomic E-state index is 12.3. The fourth-order valence-electron chi connectivity index (χ4n) is 1.43. The van der Waals surface area contributed by atoms with Crippen LogP contribution in [0.4, 0.5) is 13.2 Å². The highest BCUT2D eigenvalue weighted by atomic mass is 79.9. The van der Waals surface area contributed by atoms with E-state index in [1.165, 1.54) is 0 Å². The largest absolute Gasteiger partial charge is 0.416 e. The quantitative estimate of drug-likeness (QED) is 0.708. The van der Waals surface area contributed by atoms with Crippen molar-refractivity contribution in [2.45, 2.75) is 24.9 Å². The molecule has 0 aromatic heterocycles. The molecule has 0 aliphatic heterocycles. The molecule has 0 saturated heterocycles. The lowest BCUT2D eigenvalue weighted by molar-refractivity contribution is -0.137. The van der Waals surface area contributed by atoms with Gasteiger partial charge in [-0.1, -0.05) is 22.0 Å². The number of rotatable bonds is 1. The fraction of sp³-hybridized carbons (Fsp3) is 0.400. The molecule has 1 aliphatic carbocycles. The van der Waals surface area contributed by atoms with E-state index in [4.69, 9.17) is 0 Å². The molecule has 0 spiro atoms. The topological polar surface area (TPSA) is 0 Å². The normalized spacial score (nSPS) is 17.1. The van der Waals surface area contributed by atoms with Crippen molar-refractivity contribution >= 4 is 15.9 Å². The van der Waals surface area contributed by atoms with Gasteiger partial charge in [0.1, 0.15) is 0 Å². The van der Waals surface area contributed by atoms with Gasteiger partial charge in [0.15, 0.2) is 0 Å². The molecule has 0 unspecified atom stereocenters. The number of alkyl halides is 3. The van der Waals surface area contributed by atoms with E-state index in [1.54, 1.807) is 6.07 Å². The predicted octanol–water partition coefficient (Wildman–Crippen LogP) is 4.35. The summed E-state index contributed by atoms with van der Waals surface area (Å²) in [6, 6.07) is 3.89. The minimum atomic E-state index is -4.25. The highest BCUT2D eigenvalue weighted by Crippen LogP contribution is 2.44. The average molecular weight is 265 g/mol. The maximum Gasteiger partial charge on any atom is 0.416 e. The molecule has 0 atom stereocenters. The molecule has 0 nitrogen and oxygen atoms in total. The average Bonchev–Trinajstić information content (AvgIpc) is 2.85. The van der Waals surface area contributed by atoms with E-state index in [0.29, 0.717) is 10.4 Å². The van der Waals surface area contributed by atoms with E-state index in [9.17, 15) is 13.2 Å². The van der Waals surface area contributed by atoms with Gasteiger partial charge in [0, 0.05) is 4.47 Å². The first-order chi connectivity index (χ1) is 6.48. The molecule has 0 N–H and O–H groups in total. The van der Waals surface area contributed by atoms with Crippen LogP contribution in [0, 0.1) is 0 Å². The van der Waals surface area contributed by atoms with Crippen LogP contribution in [0.2, 0.25) is 0 Å². The van der Waals surface area contributed by atoms with Gasteiger partial charge in [0.05, 0.1) is 5.56 Å². The lowest BCUT2D eigenvalue weighted by Gasteiger charge is -2.09. The van der Waals surface area contributed by atoms with Crippen molar-refractivity contribution in [1.29, 1.82) is 0 Å². The Labute approximate surface area is 88.2 Å². The maximum absolute atomic E-state index is 12.3. The van der Waals surface area contributed by atoms with Gasteiger partial charge < -0.3 is 0 Å². The molecule has 0 bridgehead atoms. The summed E-state index contributed by atoms with van der Waals surface area (Å²) in [6.07, 6.45) is -2.07. The Kier molecular flexibility index (Phi) is 2.33. The van der Waals surface area contributed by atoms with Gasteiger partial charge in [-0.05, 0) is 36.5 Å². The summed E-state index contributed by atoms with van der Waals surface area (Å²) in [7, 11) is 0. The molecule has 1 aliphatic rings. The van der Waals surface area contributed by atoms with E-state index in [1.807, 2.05) is 0 Å². The molecule has 2 rings (SSSR count). The molecule has 1 fully saturated rings. The van der Waals surface area contributed by atoms with Gasteiger partial charge in [0.2, 0.25) is 0 Å². The Hall–Kier alpha value is -0.510. The second-order valence-electron chi connectivity index (χ2n) is 3.51. The summed E-state index contributed by atoms with van der Waals surface area (Å²) in [5.41, 5.74) is 0.409. The van der Waals surface area contributed by atoms with Crippen LogP contribution in [-0.2, 0) is 6.18 Å². The SMILES string of the molecule is FC(F)(F)c1ccc(C2CC2)c(Br)c1. The molecule has 0 heterocycles. The molecular weight excluding hydrogens is 257 g/mol. The zero-order valence-electron chi connectivity index (χ0n) is 7.24. The van der Waals surface area contributed by atoms with Crippen molar-refractivity contribution in [1.82, 2.24) is 0 Å². The van der Waals surface area contributed by atoms with Crippen LogP contribution in [0.25, 0.3) is 0 Å². The van der Waals surface area contributed by atoms with Crippen molar-refractivity contribution in [2.75, 3.05) is 0 Å². The van der Waals surface area contributed by atoms with Crippen LogP contribution in [0.3, 0.4) is 0 Å². The molecule has 0 radical (unpaired) electrons. The summed E-state index contributed by atoms with van der Waals surface area (Å²) < 4.78 is 37.5. The Balaban J connectivity index is 2.35. The number of hydrogen-bond acceptors (Lipinski definition) is 0. The van der Waals surface area contributed by atoms with Crippen LogP contribution in [0.1, 0.15) is 29.9 Å². The lowest BCUT2D eigenvalue weighted by Crippen LogP contribution is -2.04. The third-order valence-electron chi connectivity index (χ3n) is 2.34. The van der Waals surface area contributed by atoms with E-state index in [-0.39, 0.29) is 0 Å². The highest BCUT2D eigenvalue weighted by molar-refractivity contribution is 9.10. The van der Waals surface area contributed by atoms with Crippen LogP contribution < -0.4 is 0 Å². The van der Waals surface area contributed by atoms with Crippen molar-refractivity contribution in [3.05, 3.63) is 33.8 Å². The third kappa shape index (κ3) is 1.95. The van der Waals surface area contributed by atoms with E-state index >= 15 is 0 Å². The third-order valence-corrected chi connectivity index (χ3v) is 3.03. The standard InChI is InChI=1S/C10H8BrF3/c11-9-5-7(10(12,13)14)3-4-8(9)6-1-2-6/h3-6H,1-2H2. The molecule has 14 heavy (non-hydrogen) atoms. The van der Waals surface area contributed by atoms with Crippen LogP contribution >= 0.6 is 15.9 Å².